The monoisotopic (exact) mass is 218 g/mol. The highest BCUT2D eigenvalue weighted by Crippen LogP contribution is 2.11. The van der Waals surface area contributed by atoms with Crippen molar-refractivity contribution in [1.29, 1.82) is 0 Å². The van der Waals surface area contributed by atoms with E-state index in [-0.39, 0.29) is 12.4 Å². The molecule has 0 unspecified atom stereocenters. The molecule has 86 valence electrons. The Morgan fingerprint density at radius 3 is 2.81 bits per heavy atom. The number of ether oxygens (including phenoxy) is 1. The summed E-state index contributed by atoms with van der Waals surface area (Å²) >= 11 is 0. The van der Waals surface area contributed by atoms with Crippen molar-refractivity contribution in [3.63, 3.8) is 0 Å². The van der Waals surface area contributed by atoms with Crippen LogP contribution < -0.4 is 0 Å². The molecule has 0 atom stereocenters. The maximum atomic E-state index is 11.8. The average molecular weight is 218 g/mol. The molecule has 0 aliphatic carbocycles. The van der Waals surface area contributed by atoms with E-state index in [1.807, 2.05) is 32.0 Å². The van der Waals surface area contributed by atoms with Crippen molar-refractivity contribution in [2.75, 3.05) is 13.2 Å². The Morgan fingerprint density at radius 2 is 2.19 bits per heavy atom. The summed E-state index contributed by atoms with van der Waals surface area (Å²) in [6.07, 6.45) is 2.56. The Balaban J connectivity index is 2.56. The Labute approximate surface area is 96.9 Å². The van der Waals surface area contributed by atoms with Crippen LogP contribution in [0.25, 0.3) is 0 Å². The highest BCUT2D eigenvalue weighted by atomic mass is 16.5. The van der Waals surface area contributed by atoms with E-state index in [0.717, 1.165) is 17.5 Å². The molecule has 0 aliphatic rings. The van der Waals surface area contributed by atoms with Crippen molar-refractivity contribution in [2.45, 2.75) is 20.3 Å². The molecule has 0 N–H and O–H groups in total. The summed E-state index contributed by atoms with van der Waals surface area (Å²) in [6, 6.07) is 5.82. The van der Waals surface area contributed by atoms with Gasteiger partial charge in [0.15, 0.2) is 5.78 Å². The summed E-state index contributed by atoms with van der Waals surface area (Å²) in [7, 11) is 0. The van der Waals surface area contributed by atoms with Gasteiger partial charge in [0, 0.05) is 5.56 Å². The van der Waals surface area contributed by atoms with Crippen molar-refractivity contribution in [3.8, 4) is 0 Å². The molecule has 1 aromatic carbocycles. The Hall–Kier alpha value is -1.41. The number of Topliss-reactive ketones (excluding diaryl/α,β-unsaturated/α-hetero) is 1. The van der Waals surface area contributed by atoms with E-state index in [2.05, 4.69) is 6.58 Å². The molecule has 0 saturated carbocycles. The minimum Gasteiger partial charge on any atom is -0.373 e. The summed E-state index contributed by atoms with van der Waals surface area (Å²) in [6.45, 7) is 8.26. The van der Waals surface area contributed by atoms with Gasteiger partial charge in [-0.1, -0.05) is 29.8 Å². The van der Waals surface area contributed by atoms with Gasteiger partial charge in [-0.05, 0) is 25.8 Å². The molecule has 0 spiro atoms. The number of carbonyl (C=O) groups excluding carboxylic acids is 1. The summed E-state index contributed by atoms with van der Waals surface area (Å²) in [4.78, 5) is 11.8. The standard InChI is InChI=1S/C14H18O2/c1-4-5-8-16-10-14(15)13-7-6-11(2)9-12(13)3/h4,6-7,9H,1,5,8,10H2,2-3H3. The van der Waals surface area contributed by atoms with Crippen LogP contribution in [0.15, 0.2) is 30.9 Å². The summed E-state index contributed by atoms with van der Waals surface area (Å²) in [5.41, 5.74) is 2.93. The second-order valence-corrected chi connectivity index (χ2v) is 3.87. The van der Waals surface area contributed by atoms with Crippen LogP contribution in [0.2, 0.25) is 0 Å². The zero-order chi connectivity index (χ0) is 12.0. The molecule has 0 amide bonds. The lowest BCUT2D eigenvalue weighted by atomic mass is 10.0. The van der Waals surface area contributed by atoms with Gasteiger partial charge in [0.1, 0.15) is 6.61 Å². The maximum Gasteiger partial charge on any atom is 0.188 e. The number of ketones is 1. The zero-order valence-corrected chi connectivity index (χ0v) is 9.95. The van der Waals surface area contributed by atoms with Crippen molar-refractivity contribution < 1.29 is 9.53 Å². The van der Waals surface area contributed by atoms with Crippen molar-refractivity contribution in [2.24, 2.45) is 0 Å². The second-order valence-electron chi connectivity index (χ2n) is 3.87. The van der Waals surface area contributed by atoms with Crippen LogP contribution in [0.5, 0.6) is 0 Å². The van der Waals surface area contributed by atoms with Gasteiger partial charge in [-0.3, -0.25) is 4.79 Å². The highest BCUT2D eigenvalue weighted by molar-refractivity contribution is 5.98. The van der Waals surface area contributed by atoms with E-state index in [1.54, 1.807) is 6.08 Å². The fraction of sp³-hybridized carbons (Fsp3) is 0.357. The van der Waals surface area contributed by atoms with Crippen LogP contribution in [0.1, 0.15) is 27.9 Å². The summed E-state index contributed by atoms with van der Waals surface area (Å²) in [5.74, 6) is 0.0431. The molecule has 1 aromatic rings. The third-order valence-corrected chi connectivity index (χ3v) is 2.38. The zero-order valence-electron chi connectivity index (χ0n) is 9.95. The number of hydrogen-bond acceptors (Lipinski definition) is 2. The van der Waals surface area contributed by atoms with Gasteiger partial charge in [-0.25, -0.2) is 0 Å². The highest BCUT2D eigenvalue weighted by Gasteiger charge is 2.08. The van der Waals surface area contributed by atoms with Gasteiger partial charge in [-0.2, -0.15) is 0 Å². The average Bonchev–Trinajstić information content (AvgIpc) is 2.24. The van der Waals surface area contributed by atoms with Gasteiger partial charge >= 0.3 is 0 Å². The van der Waals surface area contributed by atoms with E-state index in [4.69, 9.17) is 4.74 Å². The number of aryl methyl sites for hydroxylation is 2. The number of rotatable bonds is 6. The normalized spacial score (nSPS) is 10.1. The van der Waals surface area contributed by atoms with Crippen LogP contribution in [-0.4, -0.2) is 19.0 Å². The largest absolute Gasteiger partial charge is 0.373 e. The molecule has 2 nitrogen and oxygen atoms in total. The SMILES string of the molecule is C=CCCOCC(=O)c1ccc(C)cc1C. The van der Waals surface area contributed by atoms with Crippen LogP contribution >= 0.6 is 0 Å². The minimum atomic E-state index is 0.0431. The van der Waals surface area contributed by atoms with E-state index in [9.17, 15) is 4.79 Å². The van der Waals surface area contributed by atoms with E-state index >= 15 is 0 Å². The van der Waals surface area contributed by atoms with E-state index in [0.29, 0.717) is 6.61 Å². The first-order chi connectivity index (χ1) is 7.65. The van der Waals surface area contributed by atoms with Gasteiger partial charge in [0.2, 0.25) is 0 Å². The predicted octanol–water partition coefficient (Wildman–Crippen LogP) is 3.08. The minimum absolute atomic E-state index is 0.0431. The van der Waals surface area contributed by atoms with Crippen molar-refractivity contribution in [3.05, 3.63) is 47.5 Å². The van der Waals surface area contributed by atoms with Crippen LogP contribution in [0, 0.1) is 13.8 Å². The first kappa shape index (κ1) is 12.7. The van der Waals surface area contributed by atoms with Crippen LogP contribution in [0.4, 0.5) is 0 Å². The van der Waals surface area contributed by atoms with E-state index < -0.39 is 0 Å². The number of benzene rings is 1. The lowest BCUT2D eigenvalue weighted by molar-refractivity contribution is 0.0768. The molecule has 0 aromatic heterocycles. The summed E-state index contributed by atoms with van der Waals surface area (Å²) < 4.78 is 5.25. The first-order valence-electron chi connectivity index (χ1n) is 5.44. The molecule has 0 radical (unpaired) electrons. The van der Waals surface area contributed by atoms with Gasteiger partial charge in [0.25, 0.3) is 0 Å². The third-order valence-electron chi connectivity index (χ3n) is 2.38. The fourth-order valence-corrected chi connectivity index (χ4v) is 1.54. The smallest absolute Gasteiger partial charge is 0.188 e. The van der Waals surface area contributed by atoms with Crippen molar-refractivity contribution in [1.82, 2.24) is 0 Å². The molecule has 0 fully saturated rings. The Bertz CT molecular complexity index is 380. The molecular formula is C14H18O2. The molecule has 0 saturated heterocycles. The number of carbonyl (C=O) groups is 1. The molecular weight excluding hydrogens is 200 g/mol. The maximum absolute atomic E-state index is 11.8. The quantitative estimate of drug-likeness (QED) is 0.416. The lowest BCUT2D eigenvalue weighted by Gasteiger charge is -2.06. The molecule has 2 heteroatoms. The fourth-order valence-electron chi connectivity index (χ4n) is 1.54. The number of hydrogen-bond donors (Lipinski definition) is 0. The van der Waals surface area contributed by atoms with Crippen molar-refractivity contribution >= 4 is 5.78 Å². The van der Waals surface area contributed by atoms with E-state index in [1.165, 1.54) is 5.56 Å². The topological polar surface area (TPSA) is 26.3 Å². The van der Waals surface area contributed by atoms with Gasteiger partial charge in [-0.15, -0.1) is 6.58 Å². The second kappa shape index (κ2) is 6.23. The summed E-state index contributed by atoms with van der Waals surface area (Å²) in [5, 5.41) is 0. The third kappa shape index (κ3) is 3.63. The predicted molar refractivity (Wildman–Crippen MR) is 65.9 cm³/mol. The molecule has 0 aliphatic heterocycles. The first-order valence-corrected chi connectivity index (χ1v) is 5.44. The van der Waals surface area contributed by atoms with Gasteiger partial charge in [0.05, 0.1) is 6.61 Å². The Kier molecular flexibility index (Phi) is 4.93. The molecule has 0 bridgehead atoms. The molecule has 0 heterocycles. The molecule has 1 rings (SSSR count). The van der Waals surface area contributed by atoms with Gasteiger partial charge < -0.3 is 4.74 Å². The lowest BCUT2D eigenvalue weighted by Crippen LogP contribution is -2.11. The van der Waals surface area contributed by atoms with Crippen LogP contribution in [0.3, 0.4) is 0 Å². The molecule has 16 heavy (non-hydrogen) atoms. The van der Waals surface area contributed by atoms with Crippen LogP contribution in [-0.2, 0) is 4.74 Å². The Morgan fingerprint density at radius 1 is 1.44 bits per heavy atom.